The van der Waals surface area contributed by atoms with Gasteiger partial charge in [0, 0.05) is 17.8 Å². The van der Waals surface area contributed by atoms with Crippen LogP contribution in [0.3, 0.4) is 0 Å². The maximum absolute atomic E-state index is 10.5. The molecule has 4 nitrogen and oxygen atoms in total. The van der Waals surface area contributed by atoms with Crippen molar-refractivity contribution in [2.45, 2.75) is 33.2 Å². The average Bonchev–Trinajstić information content (AvgIpc) is 2.44. The maximum atomic E-state index is 10.5. The predicted octanol–water partition coefficient (Wildman–Crippen LogP) is 1.12. The highest BCUT2D eigenvalue weighted by Gasteiger charge is 2.03. The molecule has 1 rings (SSSR count). The highest BCUT2D eigenvalue weighted by atomic mass is 32.1. The van der Waals surface area contributed by atoms with Crippen LogP contribution in [0.1, 0.15) is 28.4 Å². The van der Waals surface area contributed by atoms with Crippen LogP contribution in [-0.2, 0) is 11.3 Å². The fourth-order valence-electron chi connectivity index (χ4n) is 1.33. The van der Waals surface area contributed by atoms with Crippen LogP contribution < -0.4 is 11.1 Å². The van der Waals surface area contributed by atoms with E-state index in [9.17, 15) is 4.79 Å². The van der Waals surface area contributed by atoms with E-state index in [1.165, 1.54) is 4.88 Å². The molecule has 1 heterocycles. The lowest BCUT2D eigenvalue weighted by atomic mass is 10.3. The van der Waals surface area contributed by atoms with E-state index in [1.54, 1.807) is 11.3 Å². The van der Waals surface area contributed by atoms with Crippen LogP contribution in [0.25, 0.3) is 0 Å². The third-order valence-electron chi connectivity index (χ3n) is 2.06. The van der Waals surface area contributed by atoms with Gasteiger partial charge in [0.1, 0.15) is 0 Å². The van der Waals surface area contributed by atoms with Crippen molar-refractivity contribution < 1.29 is 4.79 Å². The number of thiazole rings is 1. The van der Waals surface area contributed by atoms with Gasteiger partial charge in [-0.15, -0.1) is 11.3 Å². The molecule has 3 N–H and O–H groups in total. The summed E-state index contributed by atoms with van der Waals surface area (Å²) in [6.07, 6.45) is 1.25. The number of amides is 1. The lowest BCUT2D eigenvalue weighted by molar-refractivity contribution is -0.118. The van der Waals surface area contributed by atoms with Crippen LogP contribution in [0.4, 0.5) is 0 Å². The summed E-state index contributed by atoms with van der Waals surface area (Å²) in [5.41, 5.74) is 6.14. The van der Waals surface area contributed by atoms with Crippen molar-refractivity contribution in [3.05, 3.63) is 15.6 Å². The first-order chi connectivity index (χ1) is 7.09. The molecule has 0 aliphatic heterocycles. The van der Waals surface area contributed by atoms with Gasteiger partial charge in [-0.25, -0.2) is 4.98 Å². The van der Waals surface area contributed by atoms with Crippen LogP contribution >= 0.6 is 11.3 Å². The molecule has 0 radical (unpaired) electrons. The number of hydrogen-bond acceptors (Lipinski definition) is 4. The SMILES string of the molecule is Cc1nc(C)c(CNCCCC(N)=O)s1. The van der Waals surface area contributed by atoms with Gasteiger partial charge >= 0.3 is 0 Å². The predicted molar refractivity (Wildman–Crippen MR) is 61.7 cm³/mol. The van der Waals surface area contributed by atoms with Gasteiger partial charge in [0.05, 0.1) is 10.7 Å². The molecule has 1 aromatic rings. The highest BCUT2D eigenvalue weighted by molar-refractivity contribution is 7.11. The molecule has 84 valence electrons. The van der Waals surface area contributed by atoms with Gasteiger partial charge in [0.2, 0.25) is 5.91 Å². The zero-order valence-corrected chi connectivity index (χ0v) is 9.99. The van der Waals surface area contributed by atoms with Crippen molar-refractivity contribution in [2.75, 3.05) is 6.54 Å². The number of nitrogens with one attached hydrogen (secondary N) is 1. The highest BCUT2D eigenvalue weighted by Crippen LogP contribution is 2.16. The molecule has 1 aromatic heterocycles. The van der Waals surface area contributed by atoms with E-state index in [4.69, 9.17) is 5.73 Å². The van der Waals surface area contributed by atoms with E-state index < -0.39 is 0 Å². The summed E-state index contributed by atoms with van der Waals surface area (Å²) in [5, 5.41) is 4.37. The van der Waals surface area contributed by atoms with Crippen LogP contribution in [0, 0.1) is 13.8 Å². The largest absolute Gasteiger partial charge is 0.370 e. The maximum Gasteiger partial charge on any atom is 0.217 e. The minimum atomic E-state index is -0.235. The number of nitrogens with two attached hydrogens (primary N) is 1. The third-order valence-corrected chi connectivity index (χ3v) is 3.13. The average molecular weight is 227 g/mol. The Kier molecular flexibility index (Phi) is 4.71. The fraction of sp³-hybridized carbons (Fsp3) is 0.600. The minimum Gasteiger partial charge on any atom is -0.370 e. The van der Waals surface area contributed by atoms with Gasteiger partial charge < -0.3 is 11.1 Å². The number of aryl methyl sites for hydroxylation is 2. The van der Waals surface area contributed by atoms with Crippen LogP contribution in [0.15, 0.2) is 0 Å². The van der Waals surface area contributed by atoms with Crippen molar-refractivity contribution in [1.82, 2.24) is 10.3 Å². The van der Waals surface area contributed by atoms with E-state index >= 15 is 0 Å². The summed E-state index contributed by atoms with van der Waals surface area (Å²) in [6.45, 7) is 5.67. The number of carbonyl (C=O) groups is 1. The Balaban J connectivity index is 2.20. The number of hydrogen-bond donors (Lipinski definition) is 2. The van der Waals surface area contributed by atoms with Gasteiger partial charge in [-0.05, 0) is 26.8 Å². The Bertz CT molecular complexity index is 335. The molecule has 0 atom stereocenters. The van der Waals surface area contributed by atoms with Gasteiger partial charge in [0.15, 0.2) is 0 Å². The van der Waals surface area contributed by atoms with Crippen molar-refractivity contribution in [1.29, 1.82) is 0 Å². The molecule has 1 amide bonds. The van der Waals surface area contributed by atoms with Crippen LogP contribution in [0.5, 0.6) is 0 Å². The summed E-state index contributed by atoms with van der Waals surface area (Å²) in [6, 6.07) is 0. The number of nitrogens with zero attached hydrogens (tertiary/aromatic N) is 1. The first-order valence-corrected chi connectivity index (χ1v) is 5.83. The smallest absolute Gasteiger partial charge is 0.217 e. The quantitative estimate of drug-likeness (QED) is 0.715. The Hall–Kier alpha value is -0.940. The topological polar surface area (TPSA) is 68.0 Å². The number of carbonyl (C=O) groups excluding carboxylic acids is 1. The first kappa shape index (κ1) is 12.1. The molecule has 0 aliphatic carbocycles. The molecule has 15 heavy (non-hydrogen) atoms. The zero-order valence-electron chi connectivity index (χ0n) is 9.17. The molecule has 5 heteroatoms. The second kappa shape index (κ2) is 5.82. The fourth-order valence-corrected chi connectivity index (χ4v) is 2.23. The summed E-state index contributed by atoms with van der Waals surface area (Å²) in [5.74, 6) is -0.235. The van der Waals surface area contributed by atoms with E-state index in [-0.39, 0.29) is 5.91 Å². The molecule has 0 saturated heterocycles. The molecule has 0 bridgehead atoms. The van der Waals surface area contributed by atoms with Crippen molar-refractivity contribution in [3.8, 4) is 0 Å². The molecule has 0 aromatic carbocycles. The van der Waals surface area contributed by atoms with Gasteiger partial charge in [-0.2, -0.15) is 0 Å². The van der Waals surface area contributed by atoms with Crippen molar-refractivity contribution in [2.24, 2.45) is 5.73 Å². The van der Waals surface area contributed by atoms with Crippen molar-refractivity contribution >= 4 is 17.2 Å². The monoisotopic (exact) mass is 227 g/mol. The Morgan fingerprint density at radius 2 is 2.27 bits per heavy atom. The van der Waals surface area contributed by atoms with Crippen LogP contribution in [0.2, 0.25) is 0 Å². The van der Waals surface area contributed by atoms with E-state index in [2.05, 4.69) is 10.3 Å². The number of aromatic nitrogens is 1. The first-order valence-electron chi connectivity index (χ1n) is 5.01. The molecular weight excluding hydrogens is 210 g/mol. The second-order valence-electron chi connectivity index (χ2n) is 3.49. The normalized spacial score (nSPS) is 10.5. The number of primary amides is 1. The summed E-state index contributed by atoms with van der Waals surface area (Å²) in [4.78, 5) is 16.1. The summed E-state index contributed by atoms with van der Waals surface area (Å²) < 4.78 is 0. The number of rotatable bonds is 6. The molecule has 0 saturated carbocycles. The van der Waals surface area contributed by atoms with Crippen molar-refractivity contribution in [3.63, 3.8) is 0 Å². The van der Waals surface area contributed by atoms with Gasteiger partial charge in [0.25, 0.3) is 0 Å². The third kappa shape index (κ3) is 4.40. The molecular formula is C10H17N3OS. The minimum absolute atomic E-state index is 0.235. The molecule has 0 aliphatic rings. The van der Waals surface area contributed by atoms with Crippen LogP contribution in [-0.4, -0.2) is 17.4 Å². The Morgan fingerprint density at radius 1 is 1.53 bits per heavy atom. The lowest BCUT2D eigenvalue weighted by Crippen LogP contribution is -2.18. The molecule has 0 fully saturated rings. The molecule has 0 unspecified atom stereocenters. The summed E-state index contributed by atoms with van der Waals surface area (Å²) in [7, 11) is 0. The Labute approximate surface area is 93.9 Å². The lowest BCUT2D eigenvalue weighted by Gasteiger charge is -2.01. The second-order valence-corrected chi connectivity index (χ2v) is 4.78. The Morgan fingerprint density at radius 3 is 2.80 bits per heavy atom. The summed E-state index contributed by atoms with van der Waals surface area (Å²) >= 11 is 1.71. The van der Waals surface area contributed by atoms with E-state index in [1.807, 2.05) is 13.8 Å². The van der Waals surface area contributed by atoms with Gasteiger partial charge in [-0.1, -0.05) is 0 Å². The van der Waals surface area contributed by atoms with E-state index in [0.29, 0.717) is 6.42 Å². The van der Waals surface area contributed by atoms with Gasteiger partial charge in [-0.3, -0.25) is 4.79 Å². The molecule has 0 spiro atoms. The zero-order chi connectivity index (χ0) is 11.3. The standard InChI is InChI=1S/C10H17N3OS/c1-7-9(15-8(2)13-7)6-12-5-3-4-10(11)14/h12H,3-6H2,1-2H3,(H2,11,14). The van der Waals surface area contributed by atoms with E-state index in [0.717, 1.165) is 30.2 Å².